The van der Waals surface area contributed by atoms with Gasteiger partial charge in [0.05, 0.1) is 3.57 Å². The van der Waals surface area contributed by atoms with Crippen molar-refractivity contribution in [1.29, 1.82) is 0 Å². The third-order valence-electron chi connectivity index (χ3n) is 2.73. The summed E-state index contributed by atoms with van der Waals surface area (Å²) < 4.78 is 1.10. The lowest BCUT2D eigenvalue weighted by Crippen LogP contribution is -2.17. The van der Waals surface area contributed by atoms with Crippen molar-refractivity contribution >= 4 is 40.2 Å². The Hall–Kier alpha value is -0.0400. The molecule has 0 bridgehead atoms. The molecule has 15 heavy (non-hydrogen) atoms. The van der Waals surface area contributed by atoms with E-state index in [4.69, 9.17) is 0 Å². The molecule has 1 N–H and O–H groups in total. The second-order valence-electron chi connectivity index (χ2n) is 3.73. The summed E-state index contributed by atoms with van der Waals surface area (Å²) in [4.78, 5) is 8.24. The molecular formula is C10H14IN3S. The maximum atomic E-state index is 4.26. The molecule has 3 nitrogen and oxygen atoms in total. The Labute approximate surface area is 108 Å². The lowest BCUT2D eigenvalue weighted by atomic mass is 10.2. The van der Waals surface area contributed by atoms with Gasteiger partial charge in [0.25, 0.3) is 0 Å². The highest BCUT2D eigenvalue weighted by atomic mass is 127. The van der Waals surface area contributed by atoms with Crippen molar-refractivity contribution in [3.8, 4) is 0 Å². The number of halogens is 1. The van der Waals surface area contributed by atoms with Crippen molar-refractivity contribution in [1.82, 2.24) is 9.97 Å². The summed E-state index contributed by atoms with van der Waals surface area (Å²) >= 11 is 4.24. The summed E-state index contributed by atoms with van der Waals surface area (Å²) in [5.74, 6) is 0.984. The maximum Gasteiger partial charge on any atom is 0.143 e. The zero-order chi connectivity index (χ0) is 10.7. The molecule has 1 heterocycles. The topological polar surface area (TPSA) is 37.8 Å². The van der Waals surface area contributed by atoms with Gasteiger partial charge >= 0.3 is 0 Å². The lowest BCUT2D eigenvalue weighted by Gasteiger charge is -2.13. The normalized spacial score (nSPS) is 25.5. The fourth-order valence-electron chi connectivity index (χ4n) is 1.90. The summed E-state index contributed by atoms with van der Waals surface area (Å²) in [5.41, 5.74) is 0. The average Bonchev–Trinajstić information content (AvgIpc) is 2.69. The van der Waals surface area contributed by atoms with Gasteiger partial charge in [0.15, 0.2) is 0 Å². The van der Waals surface area contributed by atoms with Crippen LogP contribution in [0.4, 0.5) is 5.82 Å². The number of aromatic nitrogens is 2. The number of nitrogens with zero attached hydrogens (tertiary/aromatic N) is 2. The van der Waals surface area contributed by atoms with Crippen LogP contribution in [-0.2, 0) is 0 Å². The highest BCUT2D eigenvalue weighted by Crippen LogP contribution is 2.30. The second kappa shape index (κ2) is 5.34. The standard InChI is InChI=1S/C10H14IN3S/c1-15-8-3-2-7(4-8)14-10-9(11)5-12-6-13-10/h5-8H,2-4H2,1H3,(H,12,13,14). The van der Waals surface area contributed by atoms with E-state index in [1.807, 2.05) is 18.0 Å². The molecule has 1 saturated carbocycles. The summed E-state index contributed by atoms with van der Waals surface area (Å²) in [7, 11) is 0. The van der Waals surface area contributed by atoms with Crippen molar-refractivity contribution in [2.45, 2.75) is 30.6 Å². The molecule has 0 aliphatic heterocycles. The first-order valence-corrected chi connectivity index (χ1v) is 7.41. The van der Waals surface area contributed by atoms with Gasteiger partial charge in [-0.3, -0.25) is 0 Å². The fraction of sp³-hybridized carbons (Fsp3) is 0.600. The minimum absolute atomic E-state index is 0.589. The van der Waals surface area contributed by atoms with Crippen LogP contribution in [0.15, 0.2) is 12.5 Å². The van der Waals surface area contributed by atoms with E-state index in [9.17, 15) is 0 Å². The molecule has 1 aliphatic rings. The molecule has 0 aromatic carbocycles. The molecule has 2 atom stereocenters. The highest BCUT2D eigenvalue weighted by Gasteiger charge is 2.24. The van der Waals surface area contributed by atoms with Gasteiger partial charge in [0.1, 0.15) is 12.1 Å². The quantitative estimate of drug-likeness (QED) is 0.862. The van der Waals surface area contributed by atoms with Crippen LogP contribution in [0.2, 0.25) is 0 Å². The molecule has 82 valence electrons. The first-order valence-electron chi connectivity index (χ1n) is 5.04. The van der Waals surface area contributed by atoms with Gasteiger partial charge in [-0.2, -0.15) is 11.8 Å². The summed E-state index contributed by atoms with van der Waals surface area (Å²) in [6.07, 6.45) is 9.47. The molecule has 0 spiro atoms. The zero-order valence-electron chi connectivity index (χ0n) is 8.61. The number of thioether (sulfide) groups is 1. The van der Waals surface area contributed by atoms with Crippen LogP contribution in [0.5, 0.6) is 0 Å². The summed E-state index contributed by atoms with van der Waals surface area (Å²) in [5, 5.41) is 4.32. The third-order valence-corrected chi connectivity index (χ3v) is 4.61. The van der Waals surface area contributed by atoms with E-state index in [1.165, 1.54) is 19.3 Å². The Morgan fingerprint density at radius 2 is 2.40 bits per heavy atom. The van der Waals surface area contributed by atoms with Gasteiger partial charge in [-0.15, -0.1) is 0 Å². The minimum Gasteiger partial charge on any atom is -0.366 e. The van der Waals surface area contributed by atoms with Crippen molar-refractivity contribution in [3.05, 3.63) is 16.1 Å². The van der Waals surface area contributed by atoms with E-state index in [0.717, 1.165) is 14.6 Å². The van der Waals surface area contributed by atoms with Crippen LogP contribution < -0.4 is 5.32 Å². The van der Waals surface area contributed by atoms with Crippen LogP contribution in [0, 0.1) is 3.57 Å². The number of hydrogen-bond donors (Lipinski definition) is 1. The van der Waals surface area contributed by atoms with Crippen LogP contribution in [0.1, 0.15) is 19.3 Å². The van der Waals surface area contributed by atoms with E-state index >= 15 is 0 Å². The number of nitrogens with one attached hydrogen (secondary N) is 1. The SMILES string of the molecule is CSC1CCC(Nc2ncncc2I)C1. The lowest BCUT2D eigenvalue weighted by molar-refractivity contribution is 0.750. The van der Waals surface area contributed by atoms with Crippen LogP contribution in [0.3, 0.4) is 0 Å². The van der Waals surface area contributed by atoms with Crippen LogP contribution in [0.25, 0.3) is 0 Å². The summed E-state index contributed by atoms with van der Waals surface area (Å²) in [6, 6.07) is 0.589. The number of rotatable bonds is 3. The van der Waals surface area contributed by atoms with Gasteiger partial charge < -0.3 is 5.32 Å². The van der Waals surface area contributed by atoms with E-state index in [-0.39, 0.29) is 0 Å². The zero-order valence-corrected chi connectivity index (χ0v) is 11.6. The molecule has 2 unspecified atom stereocenters. The van der Waals surface area contributed by atoms with Crippen LogP contribution >= 0.6 is 34.4 Å². The maximum absolute atomic E-state index is 4.26. The van der Waals surface area contributed by atoms with Gasteiger partial charge in [0.2, 0.25) is 0 Å². The van der Waals surface area contributed by atoms with Crippen molar-refractivity contribution in [2.24, 2.45) is 0 Å². The minimum atomic E-state index is 0.589. The van der Waals surface area contributed by atoms with Crippen molar-refractivity contribution in [3.63, 3.8) is 0 Å². The van der Waals surface area contributed by atoms with Gasteiger partial charge in [-0.05, 0) is 48.1 Å². The molecule has 0 amide bonds. The molecular weight excluding hydrogens is 321 g/mol. The number of anilines is 1. The molecule has 1 aromatic rings. The Balaban J connectivity index is 1.96. The molecule has 1 aliphatic carbocycles. The smallest absolute Gasteiger partial charge is 0.143 e. The van der Waals surface area contributed by atoms with Crippen LogP contribution in [-0.4, -0.2) is 27.5 Å². The fourth-order valence-corrected chi connectivity index (χ4v) is 3.15. The monoisotopic (exact) mass is 335 g/mol. The first-order chi connectivity index (χ1) is 7.29. The third kappa shape index (κ3) is 2.96. The van der Waals surface area contributed by atoms with E-state index in [0.29, 0.717) is 6.04 Å². The van der Waals surface area contributed by atoms with Gasteiger partial charge in [0, 0.05) is 17.5 Å². The van der Waals surface area contributed by atoms with Crippen molar-refractivity contribution < 1.29 is 0 Å². The molecule has 1 aromatic heterocycles. The Kier molecular flexibility index (Phi) is 4.07. The van der Waals surface area contributed by atoms with Crippen molar-refractivity contribution in [2.75, 3.05) is 11.6 Å². The molecule has 1 fully saturated rings. The molecule has 0 saturated heterocycles. The predicted molar refractivity (Wildman–Crippen MR) is 73.3 cm³/mol. The largest absolute Gasteiger partial charge is 0.366 e. The van der Waals surface area contributed by atoms with E-state index < -0.39 is 0 Å². The molecule has 0 radical (unpaired) electrons. The summed E-state index contributed by atoms with van der Waals surface area (Å²) in [6.45, 7) is 0. The van der Waals surface area contributed by atoms with Gasteiger partial charge in [-0.1, -0.05) is 0 Å². The predicted octanol–water partition coefficient (Wildman–Crippen LogP) is 2.78. The Bertz CT molecular complexity index is 334. The molecule has 2 rings (SSSR count). The van der Waals surface area contributed by atoms with E-state index in [2.05, 4.69) is 44.1 Å². The molecule has 5 heteroatoms. The first kappa shape index (κ1) is 11.4. The van der Waals surface area contributed by atoms with Gasteiger partial charge in [-0.25, -0.2) is 9.97 Å². The Morgan fingerprint density at radius 3 is 3.07 bits per heavy atom. The second-order valence-corrected chi connectivity index (χ2v) is 6.03. The Morgan fingerprint density at radius 1 is 1.53 bits per heavy atom. The number of hydrogen-bond acceptors (Lipinski definition) is 4. The highest BCUT2D eigenvalue weighted by molar-refractivity contribution is 14.1. The van der Waals surface area contributed by atoms with E-state index in [1.54, 1.807) is 6.33 Å². The average molecular weight is 335 g/mol.